The lowest BCUT2D eigenvalue weighted by atomic mass is 9.79. The summed E-state index contributed by atoms with van der Waals surface area (Å²) in [5.41, 5.74) is 6.42. The number of nitrogens with two attached hydrogens (primary N) is 1. The molecular formula is C11H20N4. The molecule has 4 heteroatoms. The predicted octanol–water partition coefficient (Wildman–Crippen LogP) is 1.73. The van der Waals surface area contributed by atoms with Crippen LogP contribution in [0.25, 0.3) is 0 Å². The zero-order valence-electron chi connectivity index (χ0n) is 9.56. The van der Waals surface area contributed by atoms with Crippen molar-refractivity contribution in [1.29, 1.82) is 0 Å². The van der Waals surface area contributed by atoms with Crippen LogP contribution in [-0.4, -0.2) is 15.0 Å². The summed E-state index contributed by atoms with van der Waals surface area (Å²) in [5, 5.41) is 8.20. The lowest BCUT2D eigenvalue weighted by Gasteiger charge is -2.31. The van der Waals surface area contributed by atoms with Crippen LogP contribution in [0, 0.1) is 11.8 Å². The van der Waals surface area contributed by atoms with E-state index in [1.807, 2.05) is 10.9 Å². The van der Waals surface area contributed by atoms with Gasteiger partial charge in [0.05, 0.1) is 17.9 Å². The average molecular weight is 208 g/mol. The topological polar surface area (TPSA) is 56.7 Å². The molecule has 3 unspecified atom stereocenters. The van der Waals surface area contributed by atoms with E-state index in [2.05, 4.69) is 24.2 Å². The van der Waals surface area contributed by atoms with Gasteiger partial charge in [-0.3, -0.25) is 0 Å². The zero-order chi connectivity index (χ0) is 10.8. The van der Waals surface area contributed by atoms with Gasteiger partial charge in [-0.05, 0) is 31.1 Å². The fraction of sp³-hybridized carbons (Fsp3) is 0.818. The maximum Gasteiger partial charge on any atom is 0.0962 e. The van der Waals surface area contributed by atoms with Gasteiger partial charge >= 0.3 is 0 Å². The first-order valence-corrected chi connectivity index (χ1v) is 5.81. The second-order valence-corrected chi connectivity index (χ2v) is 4.82. The Balaban J connectivity index is 2.05. The second-order valence-electron chi connectivity index (χ2n) is 4.82. The molecule has 1 aromatic heterocycles. The molecule has 84 valence electrons. The number of rotatable bonds is 2. The van der Waals surface area contributed by atoms with Crippen LogP contribution in [0.2, 0.25) is 0 Å². The first-order valence-electron chi connectivity index (χ1n) is 5.81. The first-order chi connectivity index (χ1) is 7.20. The van der Waals surface area contributed by atoms with Crippen LogP contribution in [0.5, 0.6) is 0 Å². The minimum Gasteiger partial charge on any atom is -0.325 e. The molecule has 1 fully saturated rings. The Hall–Kier alpha value is -0.900. The normalized spacial score (nSPS) is 31.8. The Morgan fingerprint density at radius 2 is 2.20 bits per heavy atom. The largest absolute Gasteiger partial charge is 0.325 e. The molecule has 4 nitrogen and oxygen atoms in total. The molecule has 0 spiro atoms. The first kappa shape index (κ1) is 10.6. The van der Waals surface area contributed by atoms with Gasteiger partial charge in [-0.25, -0.2) is 4.68 Å². The maximum atomic E-state index is 5.53. The van der Waals surface area contributed by atoms with Gasteiger partial charge in [0.1, 0.15) is 0 Å². The van der Waals surface area contributed by atoms with Gasteiger partial charge in [0.15, 0.2) is 0 Å². The van der Waals surface area contributed by atoms with Crippen molar-refractivity contribution in [3.8, 4) is 0 Å². The Bertz CT molecular complexity index is 320. The van der Waals surface area contributed by atoms with Crippen LogP contribution in [0.15, 0.2) is 6.20 Å². The third-order valence-corrected chi connectivity index (χ3v) is 3.71. The van der Waals surface area contributed by atoms with Crippen LogP contribution >= 0.6 is 0 Å². The van der Waals surface area contributed by atoms with Crippen molar-refractivity contribution in [2.24, 2.45) is 17.6 Å². The fourth-order valence-corrected chi connectivity index (χ4v) is 2.34. The van der Waals surface area contributed by atoms with E-state index in [-0.39, 0.29) is 0 Å². The van der Waals surface area contributed by atoms with E-state index in [0.717, 1.165) is 17.5 Å². The SMILES string of the molecule is CC1CCC(n2cc(CN)nn2)CC1C. The lowest BCUT2D eigenvalue weighted by Crippen LogP contribution is -2.23. The molecule has 1 saturated carbocycles. The quantitative estimate of drug-likeness (QED) is 0.805. The molecule has 15 heavy (non-hydrogen) atoms. The Morgan fingerprint density at radius 1 is 1.40 bits per heavy atom. The maximum absolute atomic E-state index is 5.53. The molecule has 0 bridgehead atoms. The average Bonchev–Trinajstić information content (AvgIpc) is 2.70. The van der Waals surface area contributed by atoms with Gasteiger partial charge in [0.2, 0.25) is 0 Å². The van der Waals surface area contributed by atoms with Gasteiger partial charge in [-0.15, -0.1) is 5.10 Å². The van der Waals surface area contributed by atoms with E-state index < -0.39 is 0 Å². The van der Waals surface area contributed by atoms with Crippen LogP contribution < -0.4 is 5.73 Å². The van der Waals surface area contributed by atoms with E-state index in [1.54, 1.807) is 0 Å². The van der Waals surface area contributed by atoms with Crippen molar-refractivity contribution in [2.75, 3.05) is 0 Å². The van der Waals surface area contributed by atoms with Crippen LogP contribution in [0.1, 0.15) is 44.8 Å². The summed E-state index contributed by atoms with van der Waals surface area (Å²) < 4.78 is 2.00. The highest BCUT2D eigenvalue weighted by atomic mass is 15.4. The molecule has 1 aromatic rings. The molecule has 0 aromatic carbocycles. The van der Waals surface area contributed by atoms with Crippen molar-refractivity contribution in [3.05, 3.63) is 11.9 Å². The highest BCUT2D eigenvalue weighted by Crippen LogP contribution is 2.35. The molecule has 1 aliphatic rings. The molecule has 0 aliphatic heterocycles. The minimum absolute atomic E-state index is 0.485. The highest BCUT2D eigenvalue weighted by Gasteiger charge is 2.26. The van der Waals surface area contributed by atoms with Crippen molar-refractivity contribution in [1.82, 2.24) is 15.0 Å². The summed E-state index contributed by atoms with van der Waals surface area (Å²) in [6, 6.07) is 0.531. The van der Waals surface area contributed by atoms with E-state index in [9.17, 15) is 0 Å². The van der Waals surface area contributed by atoms with Crippen molar-refractivity contribution in [2.45, 2.75) is 45.7 Å². The van der Waals surface area contributed by atoms with E-state index in [1.165, 1.54) is 19.3 Å². The van der Waals surface area contributed by atoms with Gasteiger partial charge in [0.25, 0.3) is 0 Å². The lowest BCUT2D eigenvalue weighted by molar-refractivity contribution is 0.199. The van der Waals surface area contributed by atoms with Crippen molar-refractivity contribution in [3.63, 3.8) is 0 Å². The van der Waals surface area contributed by atoms with Crippen LogP contribution in [0.3, 0.4) is 0 Å². The van der Waals surface area contributed by atoms with Gasteiger partial charge < -0.3 is 5.73 Å². The monoisotopic (exact) mass is 208 g/mol. The number of hydrogen-bond donors (Lipinski definition) is 1. The fourth-order valence-electron chi connectivity index (χ4n) is 2.34. The molecule has 2 rings (SSSR count). The number of hydrogen-bond acceptors (Lipinski definition) is 3. The smallest absolute Gasteiger partial charge is 0.0962 e. The summed E-state index contributed by atoms with van der Waals surface area (Å²) in [6.07, 6.45) is 5.73. The van der Waals surface area contributed by atoms with Crippen LogP contribution in [0.4, 0.5) is 0 Å². The molecule has 3 atom stereocenters. The Kier molecular flexibility index (Phi) is 3.05. The minimum atomic E-state index is 0.485. The summed E-state index contributed by atoms with van der Waals surface area (Å²) >= 11 is 0. The number of aromatic nitrogens is 3. The van der Waals surface area contributed by atoms with Crippen molar-refractivity contribution < 1.29 is 0 Å². The van der Waals surface area contributed by atoms with Crippen molar-refractivity contribution >= 4 is 0 Å². The number of nitrogens with zero attached hydrogens (tertiary/aromatic N) is 3. The molecule has 0 radical (unpaired) electrons. The summed E-state index contributed by atoms with van der Waals surface area (Å²) in [4.78, 5) is 0. The van der Waals surface area contributed by atoms with Gasteiger partial charge in [-0.2, -0.15) is 0 Å². The van der Waals surface area contributed by atoms with Crippen LogP contribution in [-0.2, 0) is 6.54 Å². The van der Waals surface area contributed by atoms with E-state index in [4.69, 9.17) is 5.73 Å². The third-order valence-electron chi connectivity index (χ3n) is 3.71. The van der Waals surface area contributed by atoms with Gasteiger partial charge in [-0.1, -0.05) is 19.1 Å². The van der Waals surface area contributed by atoms with Gasteiger partial charge in [0, 0.05) is 6.54 Å². The molecule has 2 N–H and O–H groups in total. The Morgan fingerprint density at radius 3 is 2.80 bits per heavy atom. The Labute approximate surface area is 90.8 Å². The third kappa shape index (κ3) is 2.20. The molecule has 0 saturated heterocycles. The summed E-state index contributed by atoms with van der Waals surface area (Å²) in [5.74, 6) is 1.63. The predicted molar refractivity (Wildman–Crippen MR) is 59.1 cm³/mol. The zero-order valence-corrected chi connectivity index (χ0v) is 9.56. The molecule has 1 heterocycles. The van der Waals surface area contributed by atoms with E-state index >= 15 is 0 Å². The molecule has 0 amide bonds. The summed E-state index contributed by atoms with van der Waals surface area (Å²) in [7, 11) is 0. The highest BCUT2D eigenvalue weighted by molar-refractivity contribution is 4.93. The second kappa shape index (κ2) is 4.31. The summed E-state index contributed by atoms with van der Waals surface area (Å²) in [6.45, 7) is 5.16. The van der Waals surface area contributed by atoms with E-state index in [0.29, 0.717) is 12.6 Å². The molecular weight excluding hydrogens is 188 g/mol. The standard InChI is InChI=1S/C11H20N4/c1-8-3-4-11(5-9(8)2)15-7-10(6-12)13-14-15/h7-9,11H,3-6,12H2,1-2H3. The molecule has 1 aliphatic carbocycles.